The fourth-order valence-corrected chi connectivity index (χ4v) is 2.38. The van der Waals surface area contributed by atoms with Gasteiger partial charge in [0.15, 0.2) is 6.29 Å². The Labute approximate surface area is 126 Å². The Hall–Kier alpha value is -1.46. The molecule has 20 heavy (non-hydrogen) atoms. The zero-order chi connectivity index (χ0) is 14.5. The van der Waals surface area contributed by atoms with Gasteiger partial charge in [0, 0.05) is 23.7 Å². The van der Waals surface area contributed by atoms with E-state index in [1.54, 1.807) is 18.0 Å². The van der Waals surface area contributed by atoms with E-state index in [2.05, 4.69) is 21.0 Å². The summed E-state index contributed by atoms with van der Waals surface area (Å²) in [7, 11) is 1.65. The molecule has 0 bridgehead atoms. The van der Waals surface area contributed by atoms with Gasteiger partial charge in [-0.1, -0.05) is 35.0 Å². The van der Waals surface area contributed by atoms with Crippen molar-refractivity contribution >= 4 is 22.2 Å². The molecule has 1 aromatic carbocycles. The number of carbonyl (C=O) groups is 1. The third kappa shape index (κ3) is 3.55. The van der Waals surface area contributed by atoms with E-state index in [9.17, 15) is 4.79 Å². The van der Waals surface area contributed by atoms with Crippen LogP contribution >= 0.6 is 15.9 Å². The summed E-state index contributed by atoms with van der Waals surface area (Å²) in [6.45, 7) is 3.20. The Morgan fingerprint density at radius 3 is 2.70 bits per heavy atom. The molecule has 0 amide bonds. The minimum atomic E-state index is 0.103. The molecular formula is C15H17BrN2O2. The monoisotopic (exact) mass is 336 g/mol. The number of aldehydes is 1. The van der Waals surface area contributed by atoms with Gasteiger partial charge >= 0.3 is 0 Å². The van der Waals surface area contributed by atoms with Crippen molar-refractivity contribution in [2.75, 3.05) is 13.7 Å². The molecule has 1 aromatic heterocycles. The van der Waals surface area contributed by atoms with Crippen LogP contribution < -0.4 is 0 Å². The summed E-state index contributed by atoms with van der Waals surface area (Å²) in [4.78, 5) is 11.1. The van der Waals surface area contributed by atoms with Crippen LogP contribution in [0.3, 0.4) is 0 Å². The van der Waals surface area contributed by atoms with Crippen LogP contribution in [0, 0.1) is 0 Å². The first-order valence-corrected chi connectivity index (χ1v) is 7.19. The van der Waals surface area contributed by atoms with E-state index in [1.807, 2.05) is 31.2 Å². The SMILES string of the molecule is COCC(C)c1nn(Cc2ccc(Br)cc2)cc1C=O. The number of methoxy groups -OCH3 is 1. The Morgan fingerprint density at radius 1 is 1.40 bits per heavy atom. The van der Waals surface area contributed by atoms with Crippen molar-refractivity contribution in [3.8, 4) is 0 Å². The molecule has 0 fully saturated rings. The Balaban J connectivity index is 2.20. The number of rotatable bonds is 6. The third-order valence-corrected chi connectivity index (χ3v) is 3.62. The molecule has 5 heteroatoms. The molecule has 1 heterocycles. The second-order valence-electron chi connectivity index (χ2n) is 4.77. The highest BCUT2D eigenvalue weighted by molar-refractivity contribution is 9.10. The lowest BCUT2D eigenvalue weighted by atomic mass is 10.1. The Bertz CT molecular complexity index is 578. The molecule has 2 aromatic rings. The van der Waals surface area contributed by atoms with Crippen molar-refractivity contribution in [2.45, 2.75) is 19.4 Å². The van der Waals surface area contributed by atoms with Crippen LogP contribution in [0.2, 0.25) is 0 Å². The highest BCUT2D eigenvalue weighted by Crippen LogP contribution is 2.18. The van der Waals surface area contributed by atoms with Gasteiger partial charge in [-0.3, -0.25) is 9.48 Å². The first-order chi connectivity index (χ1) is 9.63. The molecule has 2 rings (SSSR count). The van der Waals surface area contributed by atoms with Crippen LogP contribution in [0.5, 0.6) is 0 Å². The second kappa shape index (κ2) is 6.81. The normalized spacial score (nSPS) is 12.3. The third-order valence-electron chi connectivity index (χ3n) is 3.09. The predicted octanol–water partition coefficient (Wildman–Crippen LogP) is 3.26. The quantitative estimate of drug-likeness (QED) is 0.760. The molecule has 0 aliphatic heterocycles. The summed E-state index contributed by atoms with van der Waals surface area (Å²) in [6, 6.07) is 8.05. The predicted molar refractivity (Wildman–Crippen MR) is 81.1 cm³/mol. The number of halogens is 1. The van der Waals surface area contributed by atoms with Crippen molar-refractivity contribution in [2.24, 2.45) is 0 Å². The van der Waals surface area contributed by atoms with Crippen molar-refractivity contribution < 1.29 is 9.53 Å². The van der Waals surface area contributed by atoms with Gasteiger partial charge in [-0.25, -0.2) is 0 Å². The molecule has 4 nitrogen and oxygen atoms in total. The number of benzene rings is 1. The van der Waals surface area contributed by atoms with Crippen LogP contribution in [0.1, 0.15) is 34.5 Å². The van der Waals surface area contributed by atoms with Gasteiger partial charge in [-0.05, 0) is 17.7 Å². The van der Waals surface area contributed by atoms with Crippen LogP contribution in [0.25, 0.3) is 0 Å². The molecular weight excluding hydrogens is 320 g/mol. The summed E-state index contributed by atoms with van der Waals surface area (Å²) in [5.74, 6) is 0.103. The molecule has 1 atom stereocenters. The number of aromatic nitrogens is 2. The molecule has 0 aliphatic carbocycles. The van der Waals surface area contributed by atoms with E-state index in [4.69, 9.17) is 4.74 Å². The molecule has 1 unspecified atom stereocenters. The maximum Gasteiger partial charge on any atom is 0.153 e. The van der Waals surface area contributed by atoms with E-state index in [1.165, 1.54) is 0 Å². The molecule has 0 N–H and O–H groups in total. The summed E-state index contributed by atoms with van der Waals surface area (Å²) in [6.07, 6.45) is 2.64. The van der Waals surface area contributed by atoms with Gasteiger partial charge in [0.05, 0.1) is 24.4 Å². The van der Waals surface area contributed by atoms with Gasteiger partial charge < -0.3 is 4.74 Å². The van der Waals surface area contributed by atoms with Crippen molar-refractivity contribution in [1.82, 2.24) is 9.78 Å². The highest BCUT2D eigenvalue weighted by Gasteiger charge is 2.15. The number of carbonyl (C=O) groups excluding carboxylic acids is 1. The van der Waals surface area contributed by atoms with Gasteiger partial charge in [0.25, 0.3) is 0 Å². The Morgan fingerprint density at radius 2 is 2.10 bits per heavy atom. The van der Waals surface area contributed by atoms with Crippen molar-refractivity contribution in [1.29, 1.82) is 0 Å². The number of hydrogen-bond donors (Lipinski definition) is 0. The average molecular weight is 337 g/mol. The van der Waals surface area contributed by atoms with Crippen LogP contribution in [0.4, 0.5) is 0 Å². The minimum absolute atomic E-state index is 0.103. The van der Waals surface area contributed by atoms with E-state index >= 15 is 0 Å². The molecule has 0 saturated heterocycles. The van der Waals surface area contributed by atoms with E-state index in [-0.39, 0.29) is 5.92 Å². The standard InChI is InChI=1S/C15H17BrN2O2/c1-11(10-20-2)15-13(9-19)8-18(17-15)7-12-3-5-14(16)6-4-12/h3-6,8-9,11H,7,10H2,1-2H3. The number of hydrogen-bond acceptors (Lipinski definition) is 3. The van der Waals surface area contributed by atoms with Crippen LogP contribution in [-0.4, -0.2) is 29.8 Å². The topological polar surface area (TPSA) is 44.1 Å². The molecule has 0 saturated carbocycles. The summed E-state index contributed by atoms with van der Waals surface area (Å²) >= 11 is 3.41. The summed E-state index contributed by atoms with van der Waals surface area (Å²) in [5, 5.41) is 4.51. The van der Waals surface area contributed by atoms with Crippen molar-refractivity contribution in [3.63, 3.8) is 0 Å². The zero-order valence-corrected chi connectivity index (χ0v) is 13.1. The highest BCUT2D eigenvalue weighted by atomic mass is 79.9. The van der Waals surface area contributed by atoms with Gasteiger partial charge in [0.2, 0.25) is 0 Å². The number of nitrogens with zero attached hydrogens (tertiary/aromatic N) is 2. The first-order valence-electron chi connectivity index (χ1n) is 6.40. The fourth-order valence-electron chi connectivity index (χ4n) is 2.11. The van der Waals surface area contributed by atoms with Gasteiger partial charge in [-0.15, -0.1) is 0 Å². The molecule has 0 spiro atoms. The summed E-state index contributed by atoms with van der Waals surface area (Å²) < 4.78 is 7.97. The average Bonchev–Trinajstić information content (AvgIpc) is 2.85. The lowest BCUT2D eigenvalue weighted by molar-refractivity contribution is 0.112. The molecule has 106 valence electrons. The first kappa shape index (κ1) is 14.9. The van der Waals surface area contributed by atoms with E-state index < -0.39 is 0 Å². The van der Waals surface area contributed by atoms with Gasteiger partial charge in [-0.2, -0.15) is 5.10 Å². The molecule has 0 aliphatic rings. The van der Waals surface area contributed by atoms with E-state index in [0.717, 1.165) is 22.0 Å². The van der Waals surface area contributed by atoms with Crippen molar-refractivity contribution in [3.05, 3.63) is 51.8 Å². The number of ether oxygens (including phenoxy) is 1. The minimum Gasteiger partial charge on any atom is -0.384 e. The van der Waals surface area contributed by atoms with Crippen LogP contribution in [-0.2, 0) is 11.3 Å². The fraction of sp³-hybridized carbons (Fsp3) is 0.333. The smallest absolute Gasteiger partial charge is 0.153 e. The Kier molecular flexibility index (Phi) is 5.09. The van der Waals surface area contributed by atoms with Gasteiger partial charge in [0.1, 0.15) is 0 Å². The summed E-state index contributed by atoms with van der Waals surface area (Å²) in [5.41, 5.74) is 2.56. The molecule has 0 radical (unpaired) electrons. The lowest BCUT2D eigenvalue weighted by Crippen LogP contribution is -2.06. The zero-order valence-electron chi connectivity index (χ0n) is 11.5. The second-order valence-corrected chi connectivity index (χ2v) is 5.68. The maximum absolute atomic E-state index is 11.1. The van der Waals surface area contributed by atoms with Crippen LogP contribution in [0.15, 0.2) is 34.9 Å². The van der Waals surface area contributed by atoms with E-state index in [0.29, 0.717) is 18.7 Å². The lowest BCUT2D eigenvalue weighted by Gasteiger charge is -2.07. The maximum atomic E-state index is 11.1. The largest absolute Gasteiger partial charge is 0.384 e.